The molecule has 0 aliphatic carbocycles. The SMILES string of the molecule is Cc1nc2ccc(C#N)cc2[nH]1.Cn1cc(-c2cccnc2)cn1. The molecule has 3 aromatic heterocycles. The lowest BCUT2D eigenvalue weighted by Crippen LogP contribution is -1.84. The summed E-state index contributed by atoms with van der Waals surface area (Å²) in [6.07, 6.45) is 7.39. The van der Waals surface area contributed by atoms with Crippen molar-refractivity contribution in [2.45, 2.75) is 6.92 Å². The van der Waals surface area contributed by atoms with E-state index in [1.54, 1.807) is 23.0 Å². The third-order valence-corrected chi connectivity index (χ3v) is 3.43. The Hall–Kier alpha value is -3.46. The third kappa shape index (κ3) is 3.47. The fraction of sp³-hybridized carbons (Fsp3) is 0.111. The van der Waals surface area contributed by atoms with Gasteiger partial charge in [0, 0.05) is 36.8 Å². The molecule has 0 bridgehead atoms. The van der Waals surface area contributed by atoms with Crippen molar-refractivity contribution in [1.82, 2.24) is 24.7 Å². The molecule has 0 saturated heterocycles. The normalized spacial score (nSPS) is 10.0. The molecule has 0 amide bonds. The van der Waals surface area contributed by atoms with Gasteiger partial charge in [0.1, 0.15) is 5.82 Å². The zero-order valence-electron chi connectivity index (χ0n) is 13.4. The summed E-state index contributed by atoms with van der Waals surface area (Å²) in [5.74, 6) is 0.875. The van der Waals surface area contributed by atoms with Gasteiger partial charge in [0.25, 0.3) is 0 Å². The smallest absolute Gasteiger partial charge is 0.104 e. The number of rotatable bonds is 1. The van der Waals surface area contributed by atoms with Crippen LogP contribution < -0.4 is 0 Å². The molecule has 0 radical (unpaired) electrons. The van der Waals surface area contributed by atoms with Crippen molar-refractivity contribution in [3.63, 3.8) is 0 Å². The van der Waals surface area contributed by atoms with E-state index in [2.05, 4.69) is 26.1 Å². The van der Waals surface area contributed by atoms with E-state index >= 15 is 0 Å². The number of aromatic nitrogens is 5. The number of fused-ring (bicyclic) bond motifs is 1. The monoisotopic (exact) mass is 316 g/mol. The van der Waals surface area contributed by atoms with E-state index < -0.39 is 0 Å². The molecule has 6 heteroatoms. The predicted octanol–water partition coefficient (Wildman–Crippen LogP) is 3.23. The number of nitrogens with zero attached hydrogens (tertiary/aromatic N) is 5. The van der Waals surface area contributed by atoms with E-state index in [0.29, 0.717) is 5.56 Å². The van der Waals surface area contributed by atoms with Gasteiger partial charge in [-0.25, -0.2) is 4.98 Å². The number of nitrogens with one attached hydrogen (secondary N) is 1. The Morgan fingerprint density at radius 2 is 2.04 bits per heavy atom. The highest BCUT2D eigenvalue weighted by molar-refractivity contribution is 5.76. The number of imidazole rings is 1. The summed E-state index contributed by atoms with van der Waals surface area (Å²) in [5, 5.41) is 12.7. The van der Waals surface area contributed by atoms with E-state index in [-0.39, 0.29) is 0 Å². The van der Waals surface area contributed by atoms with Gasteiger partial charge in [-0.05, 0) is 31.2 Å². The van der Waals surface area contributed by atoms with E-state index in [9.17, 15) is 0 Å². The standard InChI is InChI=1S/C9H7N3.C9H9N3/c1-6-11-8-3-2-7(5-10)4-9(8)12-6;1-12-7-9(6-11-12)8-3-2-4-10-5-8/h2-4H,1H3,(H,11,12);2-7H,1H3. The molecule has 0 atom stereocenters. The molecule has 0 saturated carbocycles. The molecule has 0 aliphatic heterocycles. The number of pyridine rings is 1. The summed E-state index contributed by atoms with van der Waals surface area (Å²) in [6, 6.07) is 11.4. The average Bonchev–Trinajstić information content (AvgIpc) is 3.20. The lowest BCUT2D eigenvalue weighted by atomic mass is 10.2. The van der Waals surface area contributed by atoms with Crippen LogP contribution in [0.4, 0.5) is 0 Å². The maximum atomic E-state index is 8.62. The maximum absolute atomic E-state index is 8.62. The molecule has 0 spiro atoms. The van der Waals surface area contributed by atoms with Gasteiger partial charge in [-0.1, -0.05) is 6.07 Å². The van der Waals surface area contributed by atoms with Crippen molar-refractivity contribution in [2.24, 2.45) is 7.05 Å². The quantitative estimate of drug-likeness (QED) is 0.584. The van der Waals surface area contributed by atoms with Crippen molar-refractivity contribution in [3.05, 3.63) is 66.5 Å². The van der Waals surface area contributed by atoms with Crippen LogP contribution in [0.15, 0.2) is 55.1 Å². The van der Waals surface area contributed by atoms with Crippen molar-refractivity contribution in [1.29, 1.82) is 5.26 Å². The van der Waals surface area contributed by atoms with Crippen LogP contribution >= 0.6 is 0 Å². The Balaban J connectivity index is 0.000000141. The minimum atomic E-state index is 0.658. The zero-order valence-corrected chi connectivity index (χ0v) is 13.4. The molecule has 1 aromatic carbocycles. The molecular formula is C18H16N6. The van der Waals surface area contributed by atoms with Gasteiger partial charge in [-0.15, -0.1) is 0 Å². The van der Waals surface area contributed by atoms with Crippen LogP contribution in [0.3, 0.4) is 0 Å². The van der Waals surface area contributed by atoms with Crippen LogP contribution in [0.5, 0.6) is 0 Å². The summed E-state index contributed by atoms with van der Waals surface area (Å²) in [7, 11) is 1.90. The number of aryl methyl sites for hydroxylation is 2. The highest BCUT2D eigenvalue weighted by Gasteiger charge is 1.99. The lowest BCUT2D eigenvalue weighted by molar-refractivity contribution is 0.768. The number of hydrogen-bond acceptors (Lipinski definition) is 4. The molecule has 4 aromatic rings. The number of hydrogen-bond donors (Lipinski definition) is 1. The maximum Gasteiger partial charge on any atom is 0.104 e. The summed E-state index contributed by atoms with van der Waals surface area (Å²) < 4.78 is 1.78. The van der Waals surface area contributed by atoms with Crippen molar-refractivity contribution < 1.29 is 0 Å². The van der Waals surface area contributed by atoms with Crippen LogP contribution in [-0.4, -0.2) is 24.7 Å². The number of nitriles is 1. The Labute approximate surface area is 139 Å². The van der Waals surface area contributed by atoms with E-state index in [4.69, 9.17) is 5.26 Å². The molecule has 0 fully saturated rings. The number of aromatic amines is 1. The molecule has 4 rings (SSSR count). The molecule has 0 aliphatic rings. The molecular weight excluding hydrogens is 300 g/mol. The lowest BCUT2D eigenvalue weighted by Gasteiger charge is -1.92. The molecule has 1 N–H and O–H groups in total. The largest absolute Gasteiger partial charge is 0.342 e. The summed E-state index contributed by atoms with van der Waals surface area (Å²) in [4.78, 5) is 11.3. The predicted molar refractivity (Wildman–Crippen MR) is 92.0 cm³/mol. The first kappa shape index (κ1) is 15.4. The van der Waals surface area contributed by atoms with Crippen LogP contribution in [0.2, 0.25) is 0 Å². The van der Waals surface area contributed by atoms with Crippen molar-refractivity contribution in [3.8, 4) is 17.2 Å². The van der Waals surface area contributed by atoms with Gasteiger partial charge < -0.3 is 4.98 Å². The molecule has 0 unspecified atom stereocenters. The molecule has 24 heavy (non-hydrogen) atoms. The second-order valence-corrected chi connectivity index (χ2v) is 5.31. The highest BCUT2D eigenvalue weighted by atomic mass is 15.2. The summed E-state index contributed by atoms with van der Waals surface area (Å²) in [5.41, 5.74) is 4.69. The Kier molecular flexibility index (Phi) is 4.34. The molecule has 118 valence electrons. The van der Waals surface area contributed by atoms with Crippen LogP contribution in [0.25, 0.3) is 22.2 Å². The van der Waals surface area contributed by atoms with Gasteiger partial charge in [-0.2, -0.15) is 10.4 Å². The summed E-state index contributed by atoms with van der Waals surface area (Å²) >= 11 is 0. The van der Waals surface area contributed by atoms with Crippen molar-refractivity contribution in [2.75, 3.05) is 0 Å². The minimum Gasteiger partial charge on any atom is -0.342 e. The second-order valence-electron chi connectivity index (χ2n) is 5.31. The van der Waals surface area contributed by atoms with E-state index in [1.807, 2.05) is 50.8 Å². The van der Waals surface area contributed by atoms with Gasteiger partial charge in [-0.3, -0.25) is 9.67 Å². The van der Waals surface area contributed by atoms with Gasteiger partial charge in [0.2, 0.25) is 0 Å². The average molecular weight is 316 g/mol. The highest BCUT2D eigenvalue weighted by Crippen LogP contribution is 2.15. The third-order valence-electron chi connectivity index (χ3n) is 3.43. The zero-order chi connectivity index (χ0) is 16.9. The second kappa shape index (κ2) is 6.75. The van der Waals surface area contributed by atoms with Crippen molar-refractivity contribution >= 4 is 11.0 Å². The minimum absolute atomic E-state index is 0.658. The number of benzene rings is 1. The van der Waals surface area contributed by atoms with Gasteiger partial charge in [0.15, 0.2) is 0 Å². The van der Waals surface area contributed by atoms with Crippen LogP contribution in [0.1, 0.15) is 11.4 Å². The Morgan fingerprint density at radius 1 is 1.17 bits per heavy atom. The van der Waals surface area contributed by atoms with E-state index in [1.165, 1.54) is 0 Å². The topological polar surface area (TPSA) is 83.2 Å². The van der Waals surface area contributed by atoms with Gasteiger partial charge in [0.05, 0.1) is 28.9 Å². The summed E-state index contributed by atoms with van der Waals surface area (Å²) in [6.45, 7) is 1.89. The number of H-pyrrole nitrogens is 1. The Bertz CT molecular complexity index is 991. The van der Waals surface area contributed by atoms with E-state index in [0.717, 1.165) is 28.0 Å². The van der Waals surface area contributed by atoms with Crippen LogP contribution in [-0.2, 0) is 7.05 Å². The molecule has 6 nitrogen and oxygen atoms in total. The molecule has 3 heterocycles. The fourth-order valence-electron chi connectivity index (χ4n) is 2.31. The van der Waals surface area contributed by atoms with Gasteiger partial charge >= 0.3 is 0 Å². The van der Waals surface area contributed by atoms with Crippen LogP contribution in [0, 0.1) is 18.3 Å². The fourth-order valence-corrected chi connectivity index (χ4v) is 2.31. The Morgan fingerprint density at radius 3 is 2.71 bits per heavy atom. The first-order valence-corrected chi connectivity index (χ1v) is 7.41. The first-order chi connectivity index (χ1) is 11.7. The first-order valence-electron chi connectivity index (χ1n) is 7.41.